The van der Waals surface area contributed by atoms with Gasteiger partial charge in [0.25, 0.3) is 5.91 Å². The molecule has 0 saturated carbocycles. The van der Waals surface area contributed by atoms with E-state index in [0.717, 1.165) is 28.0 Å². The molecule has 0 aliphatic rings. The Bertz CT molecular complexity index is 870. The minimum absolute atomic E-state index is 0.137. The summed E-state index contributed by atoms with van der Waals surface area (Å²) in [6.07, 6.45) is 0. The Hall–Kier alpha value is -2.88. The molecule has 24 heavy (non-hydrogen) atoms. The molecule has 2 aromatic carbocycles. The largest absolute Gasteiger partial charge is 0.383 e. The molecule has 4 nitrogen and oxygen atoms in total. The van der Waals surface area contributed by atoms with Gasteiger partial charge in [-0.3, -0.25) is 9.78 Å². The number of amides is 1. The van der Waals surface area contributed by atoms with Gasteiger partial charge in [-0.15, -0.1) is 0 Å². The van der Waals surface area contributed by atoms with Crippen molar-refractivity contribution in [3.05, 3.63) is 65.9 Å². The second kappa shape index (κ2) is 6.71. The lowest BCUT2D eigenvalue weighted by Gasteiger charge is -2.11. The topological polar surface area (TPSA) is 54.0 Å². The van der Waals surface area contributed by atoms with Crippen molar-refractivity contribution in [2.45, 2.75) is 26.8 Å². The number of carbonyl (C=O) groups excluding carboxylic acids is 1. The van der Waals surface area contributed by atoms with E-state index in [1.54, 1.807) is 0 Å². The van der Waals surface area contributed by atoms with E-state index in [9.17, 15) is 4.79 Å². The van der Waals surface area contributed by atoms with Gasteiger partial charge in [0, 0.05) is 28.4 Å². The molecule has 3 rings (SSSR count). The second-order valence-electron chi connectivity index (χ2n) is 6.16. The molecule has 0 aliphatic heterocycles. The molecule has 0 radical (unpaired) electrons. The summed E-state index contributed by atoms with van der Waals surface area (Å²) in [7, 11) is 0. The zero-order valence-corrected chi connectivity index (χ0v) is 14.1. The molecule has 1 heterocycles. The van der Waals surface area contributed by atoms with Crippen molar-refractivity contribution in [3.63, 3.8) is 0 Å². The van der Waals surface area contributed by atoms with Crippen LogP contribution in [0.5, 0.6) is 0 Å². The molecule has 0 aliphatic carbocycles. The molecule has 0 unspecified atom stereocenters. The lowest BCUT2D eigenvalue weighted by molar-refractivity contribution is 0.102. The molecule has 0 bridgehead atoms. The molecule has 0 fully saturated rings. The SMILES string of the molecule is Cc1ccc2cccc(NC(=O)c3ccc(NC(C)C)cc3)c2n1. The molecule has 4 heteroatoms. The highest BCUT2D eigenvalue weighted by Gasteiger charge is 2.09. The maximum atomic E-state index is 12.5. The highest BCUT2D eigenvalue weighted by Crippen LogP contribution is 2.22. The van der Waals surface area contributed by atoms with Crippen LogP contribution in [0.3, 0.4) is 0 Å². The van der Waals surface area contributed by atoms with Crippen LogP contribution in [0.1, 0.15) is 29.9 Å². The third-order valence-corrected chi connectivity index (χ3v) is 3.71. The molecule has 2 N–H and O–H groups in total. The minimum atomic E-state index is -0.137. The van der Waals surface area contributed by atoms with Gasteiger partial charge in [-0.05, 0) is 57.2 Å². The number of nitrogens with one attached hydrogen (secondary N) is 2. The number of aromatic nitrogens is 1. The average Bonchev–Trinajstić information content (AvgIpc) is 2.55. The van der Waals surface area contributed by atoms with Gasteiger partial charge in [0.1, 0.15) is 0 Å². The van der Waals surface area contributed by atoms with Crippen LogP contribution in [-0.4, -0.2) is 16.9 Å². The van der Waals surface area contributed by atoms with Crippen LogP contribution in [-0.2, 0) is 0 Å². The van der Waals surface area contributed by atoms with Crippen molar-refractivity contribution in [1.82, 2.24) is 4.98 Å². The number of rotatable bonds is 4. The molecule has 3 aromatic rings. The number of hydrogen-bond donors (Lipinski definition) is 2. The summed E-state index contributed by atoms with van der Waals surface area (Å²) in [4.78, 5) is 17.1. The highest BCUT2D eigenvalue weighted by atomic mass is 16.1. The van der Waals surface area contributed by atoms with Crippen molar-refractivity contribution in [2.75, 3.05) is 10.6 Å². The lowest BCUT2D eigenvalue weighted by atomic mass is 10.1. The summed E-state index contributed by atoms with van der Waals surface area (Å²) in [5.74, 6) is -0.137. The average molecular weight is 319 g/mol. The summed E-state index contributed by atoms with van der Waals surface area (Å²) in [5.41, 5.74) is 4.08. The van der Waals surface area contributed by atoms with E-state index < -0.39 is 0 Å². The van der Waals surface area contributed by atoms with Crippen LogP contribution in [0.2, 0.25) is 0 Å². The fraction of sp³-hybridized carbons (Fsp3) is 0.200. The van der Waals surface area contributed by atoms with E-state index in [1.807, 2.05) is 61.5 Å². The first-order valence-corrected chi connectivity index (χ1v) is 8.07. The Labute approximate surface area is 141 Å². The van der Waals surface area contributed by atoms with Gasteiger partial charge in [-0.1, -0.05) is 18.2 Å². The van der Waals surface area contributed by atoms with Gasteiger partial charge in [-0.2, -0.15) is 0 Å². The summed E-state index contributed by atoms with van der Waals surface area (Å²) in [6.45, 7) is 6.10. The number of pyridine rings is 1. The van der Waals surface area contributed by atoms with Crippen molar-refractivity contribution < 1.29 is 4.79 Å². The summed E-state index contributed by atoms with van der Waals surface area (Å²) in [5, 5.41) is 7.29. The Kier molecular flexibility index (Phi) is 4.47. The van der Waals surface area contributed by atoms with Crippen molar-refractivity contribution in [1.29, 1.82) is 0 Å². The zero-order chi connectivity index (χ0) is 17.1. The van der Waals surface area contributed by atoms with Crippen molar-refractivity contribution >= 4 is 28.2 Å². The van der Waals surface area contributed by atoms with E-state index in [2.05, 4.69) is 29.5 Å². The summed E-state index contributed by atoms with van der Waals surface area (Å²) in [6, 6.07) is 17.6. The number of carbonyl (C=O) groups is 1. The predicted molar refractivity (Wildman–Crippen MR) is 99.6 cm³/mol. The van der Waals surface area contributed by atoms with Crippen molar-refractivity contribution in [3.8, 4) is 0 Å². The first kappa shape index (κ1) is 16.0. The van der Waals surface area contributed by atoms with Gasteiger partial charge in [0.05, 0.1) is 11.2 Å². The molecule has 122 valence electrons. The second-order valence-corrected chi connectivity index (χ2v) is 6.16. The number of hydrogen-bond acceptors (Lipinski definition) is 3. The third kappa shape index (κ3) is 3.54. The molecular formula is C20H21N3O. The lowest BCUT2D eigenvalue weighted by Crippen LogP contribution is -2.13. The van der Waals surface area contributed by atoms with E-state index >= 15 is 0 Å². The van der Waals surface area contributed by atoms with Crippen LogP contribution < -0.4 is 10.6 Å². The van der Waals surface area contributed by atoms with Crippen molar-refractivity contribution in [2.24, 2.45) is 0 Å². The summed E-state index contributed by atoms with van der Waals surface area (Å²) >= 11 is 0. The van der Waals surface area contributed by atoms with Gasteiger partial charge < -0.3 is 10.6 Å². The standard InChI is InChI=1S/C20H21N3O/c1-13(2)21-17-11-9-16(10-12-17)20(24)23-18-6-4-5-15-8-7-14(3)22-19(15)18/h4-13,21H,1-3H3,(H,23,24). The summed E-state index contributed by atoms with van der Waals surface area (Å²) < 4.78 is 0. The minimum Gasteiger partial charge on any atom is -0.383 e. The number of anilines is 2. The Morgan fingerprint density at radius 3 is 2.46 bits per heavy atom. The zero-order valence-electron chi connectivity index (χ0n) is 14.1. The number of fused-ring (bicyclic) bond motifs is 1. The van der Waals surface area contributed by atoms with Crippen LogP contribution in [0, 0.1) is 6.92 Å². The molecule has 1 aromatic heterocycles. The Morgan fingerprint density at radius 2 is 1.75 bits per heavy atom. The molecular weight excluding hydrogens is 298 g/mol. The van der Waals surface area contributed by atoms with E-state index in [0.29, 0.717) is 11.6 Å². The Morgan fingerprint density at radius 1 is 1.00 bits per heavy atom. The smallest absolute Gasteiger partial charge is 0.255 e. The van der Waals surface area contributed by atoms with Crippen LogP contribution in [0.25, 0.3) is 10.9 Å². The van der Waals surface area contributed by atoms with Crippen LogP contribution in [0.4, 0.5) is 11.4 Å². The van der Waals surface area contributed by atoms with Crippen LogP contribution >= 0.6 is 0 Å². The monoisotopic (exact) mass is 319 g/mol. The predicted octanol–water partition coefficient (Wildman–Crippen LogP) is 4.62. The van der Waals surface area contributed by atoms with E-state index in [-0.39, 0.29) is 5.91 Å². The first-order chi connectivity index (χ1) is 11.5. The molecule has 0 atom stereocenters. The maximum absolute atomic E-state index is 12.5. The van der Waals surface area contributed by atoms with Gasteiger partial charge >= 0.3 is 0 Å². The number of benzene rings is 2. The fourth-order valence-corrected chi connectivity index (χ4v) is 2.59. The highest BCUT2D eigenvalue weighted by molar-refractivity contribution is 6.08. The van der Waals surface area contributed by atoms with E-state index in [1.165, 1.54) is 0 Å². The van der Waals surface area contributed by atoms with Gasteiger partial charge in [0.2, 0.25) is 0 Å². The Balaban J connectivity index is 1.83. The third-order valence-electron chi connectivity index (χ3n) is 3.71. The molecule has 1 amide bonds. The quantitative estimate of drug-likeness (QED) is 0.738. The molecule has 0 spiro atoms. The van der Waals surface area contributed by atoms with Gasteiger partial charge in [0.15, 0.2) is 0 Å². The normalized spacial score (nSPS) is 10.8. The van der Waals surface area contributed by atoms with E-state index in [4.69, 9.17) is 0 Å². The van der Waals surface area contributed by atoms with Crippen LogP contribution in [0.15, 0.2) is 54.6 Å². The maximum Gasteiger partial charge on any atom is 0.255 e. The van der Waals surface area contributed by atoms with Gasteiger partial charge in [-0.25, -0.2) is 0 Å². The molecule has 0 saturated heterocycles. The number of para-hydroxylation sites is 1. The number of nitrogens with zero attached hydrogens (tertiary/aromatic N) is 1. The first-order valence-electron chi connectivity index (χ1n) is 8.07. The fourth-order valence-electron chi connectivity index (χ4n) is 2.59. The number of aryl methyl sites for hydroxylation is 1.